The third-order valence-corrected chi connectivity index (χ3v) is 7.63. The molecule has 3 saturated heterocycles. The van der Waals surface area contributed by atoms with Gasteiger partial charge in [-0.1, -0.05) is 12.1 Å². The van der Waals surface area contributed by atoms with Crippen LogP contribution < -0.4 is 14.9 Å². The molecule has 0 aliphatic carbocycles. The van der Waals surface area contributed by atoms with Crippen molar-refractivity contribution in [1.29, 1.82) is 0 Å². The van der Waals surface area contributed by atoms with Crippen molar-refractivity contribution in [1.82, 2.24) is 20.1 Å². The quantitative estimate of drug-likeness (QED) is 0.380. The molecular weight excluding hydrogens is 482 g/mol. The zero-order valence-electron chi connectivity index (χ0n) is 22.3. The van der Waals surface area contributed by atoms with E-state index < -0.39 is 0 Å². The van der Waals surface area contributed by atoms with Gasteiger partial charge in [-0.3, -0.25) is 19.5 Å². The molecule has 1 N–H and O–H groups in total. The van der Waals surface area contributed by atoms with E-state index in [-0.39, 0.29) is 5.91 Å². The van der Waals surface area contributed by atoms with Crippen LogP contribution in [0.2, 0.25) is 0 Å². The van der Waals surface area contributed by atoms with E-state index in [1.165, 1.54) is 31.5 Å². The first-order valence-electron chi connectivity index (χ1n) is 13.7. The number of piperazine rings is 1. The smallest absolute Gasteiger partial charge is 0.271 e. The molecule has 3 aliphatic heterocycles. The molecule has 1 amide bonds. The van der Waals surface area contributed by atoms with Crippen LogP contribution in [-0.4, -0.2) is 106 Å². The third-order valence-electron chi connectivity index (χ3n) is 7.63. The van der Waals surface area contributed by atoms with Crippen molar-refractivity contribution in [2.75, 3.05) is 72.7 Å². The van der Waals surface area contributed by atoms with Crippen molar-refractivity contribution in [3.63, 3.8) is 0 Å². The zero-order chi connectivity index (χ0) is 26.2. The predicted octanol–water partition coefficient (Wildman–Crippen LogP) is 2.45. The van der Waals surface area contributed by atoms with Crippen LogP contribution in [0.15, 0.2) is 47.6 Å². The molecule has 0 unspecified atom stereocenters. The molecule has 2 aromatic carbocycles. The first kappa shape index (κ1) is 26.6. The van der Waals surface area contributed by atoms with E-state index in [9.17, 15) is 4.79 Å². The van der Waals surface area contributed by atoms with Crippen LogP contribution in [0.1, 0.15) is 34.3 Å². The first-order valence-corrected chi connectivity index (χ1v) is 13.7. The maximum absolute atomic E-state index is 12.6. The highest BCUT2D eigenvalue weighted by Crippen LogP contribution is 2.27. The molecule has 0 radical (unpaired) electrons. The number of fused-ring (bicyclic) bond motifs is 1. The number of rotatable bonds is 10. The molecule has 3 heterocycles. The molecule has 0 aromatic heterocycles. The van der Waals surface area contributed by atoms with Crippen LogP contribution >= 0.6 is 0 Å². The van der Waals surface area contributed by atoms with Gasteiger partial charge in [0.15, 0.2) is 11.5 Å². The summed E-state index contributed by atoms with van der Waals surface area (Å²) in [5.41, 5.74) is 5.25. The normalized spacial score (nSPS) is 20.9. The van der Waals surface area contributed by atoms with E-state index in [0.29, 0.717) is 23.7 Å². The summed E-state index contributed by atoms with van der Waals surface area (Å²) in [6.07, 6.45) is 4.25. The molecule has 0 spiro atoms. The Morgan fingerprint density at radius 2 is 1.89 bits per heavy atom. The minimum Gasteiger partial charge on any atom is -0.493 e. The number of nitrogens with zero attached hydrogens (tertiary/aromatic N) is 4. The lowest BCUT2D eigenvalue weighted by atomic mass is 10.1. The van der Waals surface area contributed by atoms with Crippen molar-refractivity contribution in [3.8, 4) is 11.5 Å². The highest BCUT2D eigenvalue weighted by Gasteiger charge is 2.30. The molecular formula is C29H39N5O4. The Hall–Kier alpha value is -2.98. The Kier molecular flexibility index (Phi) is 9.24. The van der Waals surface area contributed by atoms with Gasteiger partial charge in [-0.25, -0.2) is 5.43 Å². The highest BCUT2D eigenvalue weighted by molar-refractivity contribution is 5.94. The van der Waals surface area contributed by atoms with Gasteiger partial charge < -0.3 is 14.2 Å². The number of hydrogen-bond donors (Lipinski definition) is 1. The van der Waals surface area contributed by atoms with Crippen molar-refractivity contribution in [2.45, 2.75) is 25.4 Å². The lowest BCUT2D eigenvalue weighted by molar-refractivity contribution is 0.0321. The Morgan fingerprint density at radius 1 is 1.05 bits per heavy atom. The fourth-order valence-corrected chi connectivity index (χ4v) is 5.44. The van der Waals surface area contributed by atoms with E-state index in [1.807, 2.05) is 42.5 Å². The third kappa shape index (κ3) is 7.11. The Morgan fingerprint density at radius 3 is 2.71 bits per heavy atom. The van der Waals surface area contributed by atoms with E-state index in [1.54, 1.807) is 13.3 Å². The predicted molar refractivity (Wildman–Crippen MR) is 147 cm³/mol. The standard InChI is InChI=1S/C29H39N5O4/c1-36-28-19-24(6-9-27(28)38-18-15-32-13-16-37-17-14-32)20-30-31-29(35)25-7-4-23(5-8-25)21-33-11-12-34-10-2-3-26(34)22-33/h4-9,19-20,26H,2-3,10-18,21-22H2,1H3,(H,31,35)/b30-20+/t26-/m1/s1. The lowest BCUT2D eigenvalue weighted by Crippen LogP contribution is -2.49. The minimum absolute atomic E-state index is 0.234. The van der Waals surface area contributed by atoms with Gasteiger partial charge in [0.05, 0.1) is 26.5 Å². The summed E-state index contributed by atoms with van der Waals surface area (Å²) in [5.74, 6) is 1.08. The SMILES string of the molecule is COc1cc(/C=N/NC(=O)c2ccc(CN3CCN4CCC[C@@H]4C3)cc2)ccc1OCCN1CCOCC1. The summed E-state index contributed by atoms with van der Waals surface area (Å²) in [4.78, 5) is 20.1. The summed E-state index contributed by atoms with van der Waals surface area (Å²) in [5, 5.41) is 4.14. The van der Waals surface area contributed by atoms with Gasteiger partial charge in [-0.15, -0.1) is 0 Å². The van der Waals surface area contributed by atoms with Crippen LogP contribution in [0.5, 0.6) is 11.5 Å². The molecule has 9 nitrogen and oxygen atoms in total. The fourth-order valence-electron chi connectivity index (χ4n) is 5.44. The molecule has 5 rings (SSSR count). The summed E-state index contributed by atoms with van der Waals surface area (Å²) < 4.78 is 16.8. The van der Waals surface area contributed by atoms with Crippen LogP contribution in [0.25, 0.3) is 0 Å². The monoisotopic (exact) mass is 521 g/mol. The largest absolute Gasteiger partial charge is 0.493 e. The van der Waals surface area contributed by atoms with Gasteiger partial charge in [-0.05, 0) is 60.8 Å². The minimum atomic E-state index is -0.234. The second-order valence-electron chi connectivity index (χ2n) is 10.2. The van der Waals surface area contributed by atoms with Gasteiger partial charge in [0.25, 0.3) is 5.91 Å². The molecule has 2 aromatic rings. The average molecular weight is 522 g/mol. The fraction of sp³-hybridized carbons (Fsp3) is 0.517. The van der Waals surface area contributed by atoms with E-state index >= 15 is 0 Å². The van der Waals surface area contributed by atoms with E-state index in [2.05, 4.69) is 25.2 Å². The van der Waals surface area contributed by atoms with Crippen LogP contribution in [0, 0.1) is 0 Å². The number of carbonyl (C=O) groups is 1. The van der Waals surface area contributed by atoms with E-state index in [4.69, 9.17) is 14.2 Å². The number of carbonyl (C=O) groups excluding carboxylic acids is 1. The van der Waals surface area contributed by atoms with E-state index in [0.717, 1.165) is 64.1 Å². The number of hydrazone groups is 1. The van der Waals surface area contributed by atoms with Gasteiger partial charge >= 0.3 is 0 Å². The van der Waals surface area contributed by atoms with Crippen molar-refractivity contribution < 1.29 is 19.0 Å². The molecule has 3 fully saturated rings. The first-order chi connectivity index (χ1) is 18.7. The highest BCUT2D eigenvalue weighted by atomic mass is 16.5. The Bertz CT molecular complexity index is 1090. The number of amides is 1. The summed E-state index contributed by atoms with van der Waals surface area (Å²) in [6, 6.07) is 14.2. The molecule has 3 aliphatic rings. The van der Waals surface area contributed by atoms with Gasteiger partial charge in [0, 0.05) is 57.4 Å². The summed E-state index contributed by atoms with van der Waals surface area (Å²) >= 11 is 0. The molecule has 1 atom stereocenters. The summed E-state index contributed by atoms with van der Waals surface area (Å²) in [6.45, 7) is 10.5. The Labute approximate surface area is 225 Å². The zero-order valence-corrected chi connectivity index (χ0v) is 22.3. The molecule has 204 valence electrons. The maximum Gasteiger partial charge on any atom is 0.271 e. The van der Waals surface area contributed by atoms with Crippen molar-refractivity contribution >= 4 is 12.1 Å². The topological polar surface area (TPSA) is 78.9 Å². The number of hydrogen-bond acceptors (Lipinski definition) is 8. The number of morpholine rings is 1. The van der Waals surface area contributed by atoms with Crippen molar-refractivity contribution in [3.05, 3.63) is 59.2 Å². The number of methoxy groups -OCH3 is 1. The van der Waals surface area contributed by atoms with Crippen LogP contribution in [0.3, 0.4) is 0 Å². The Balaban J connectivity index is 1.08. The second kappa shape index (κ2) is 13.2. The summed E-state index contributed by atoms with van der Waals surface area (Å²) in [7, 11) is 1.62. The van der Waals surface area contributed by atoms with Crippen LogP contribution in [0.4, 0.5) is 0 Å². The molecule has 9 heteroatoms. The lowest BCUT2D eigenvalue weighted by Gasteiger charge is -2.37. The number of nitrogens with one attached hydrogen (secondary N) is 1. The van der Waals surface area contributed by atoms with Crippen LogP contribution in [-0.2, 0) is 11.3 Å². The van der Waals surface area contributed by atoms with Gasteiger partial charge in [0.1, 0.15) is 6.61 Å². The molecule has 38 heavy (non-hydrogen) atoms. The average Bonchev–Trinajstić information content (AvgIpc) is 3.42. The molecule has 0 saturated carbocycles. The number of benzene rings is 2. The van der Waals surface area contributed by atoms with Gasteiger partial charge in [0.2, 0.25) is 0 Å². The second-order valence-corrected chi connectivity index (χ2v) is 10.2. The van der Waals surface area contributed by atoms with Crippen molar-refractivity contribution in [2.24, 2.45) is 5.10 Å². The van der Waals surface area contributed by atoms with Gasteiger partial charge in [-0.2, -0.15) is 5.10 Å². The molecule has 0 bridgehead atoms. The number of ether oxygens (including phenoxy) is 3. The maximum atomic E-state index is 12.6.